The number of carbonyl (C=O) groups is 1. The summed E-state index contributed by atoms with van der Waals surface area (Å²) in [4.78, 5) is 17.7. The van der Waals surface area contributed by atoms with Gasteiger partial charge in [-0.15, -0.1) is 22.7 Å². The Labute approximate surface area is 104 Å². The molecule has 0 fully saturated rings. The number of Topliss-reactive ketones (excluding diaryl/α,β-unsaturated/α-hetero) is 1. The van der Waals surface area contributed by atoms with E-state index >= 15 is 0 Å². The summed E-state index contributed by atoms with van der Waals surface area (Å²) < 4.78 is 1.08. The smallest absolute Gasteiger partial charge is 0.188 e. The molecule has 0 spiro atoms. The summed E-state index contributed by atoms with van der Waals surface area (Å²) in [6.07, 6.45) is 0. The fourth-order valence-corrected chi connectivity index (χ4v) is 3.54. The van der Waals surface area contributed by atoms with Crippen LogP contribution in [0.4, 0.5) is 0 Å². The van der Waals surface area contributed by atoms with E-state index < -0.39 is 0 Å². The Morgan fingerprint density at radius 3 is 2.60 bits per heavy atom. The number of hydrogen-bond donors (Lipinski definition) is 0. The Kier molecular flexibility index (Phi) is 3.04. The van der Waals surface area contributed by atoms with Gasteiger partial charge in [0.1, 0.15) is 0 Å². The van der Waals surface area contributed by atoms with Crippen LogP contribution in [0, 0.1) is 6.92 Å². The van der Waals surface area contributed by atoms with Crippen LogP contribution in [-0.4, -0.2) is 10.8 Å². The molecule has 0 unspecified atom stereocenters. The second-order valence-electron chi connectivity index (χ2n) is 3.08. The van der Waals surface area contributed by atoms with Gasteiger partial charge in [-0.05, 0) is 35.0 Å². The molecule has 0 aromatic carbocycles. The van der Waals surface area contributed by atoms with Gasteiger partial charge in [0.2, 0.25) is 0 Å². The number of halogens is 1. The van der Waals surface area contributed by atoms with Gasteiger partial charge in [0.15, 0.2) is 10.8 Å². The lowest BCUT2D eigenvalue weighted by atomic mass is 10.3. The van der Waals surface area contributed by atoms with Crippen LogP contribution in [0.3, 0.4) is 0 Å². The number of aryl methyl sites for hydroxylation is 1. The van der Waals surface area contributed by atoms with Crippen molar-refractivity contribution in [3.05, 3.63) is 25.8 Å². The third-order valence-corrected chi connectivity index (χ3v) is 4.61. The fourth-order valence-electron chi connectivity index (χ4n) is 1.22. The molecule has 2 heterocycles. The maximum Gasteiger partial charge on any atom is 0.188 e. The molecule has 0 atom stereocenters. The largest absolute Gasteiger partial charge is 0.292 e. The minimum absolute atomic E-state index is 0.0324. The Hall–Kier alpha value is -0.520. The fraction of sp³-hybridized carbons (Fsp3) is 0.200. The molecule has 0 radical (unpaired) electrons. The van der Waals surface area contributed by atoms with Crippen molar-refractivity contribution in [1.29, 1.82) is 0 Å². The van der Waals surface area contributed by atoms with Crippen molar-refractivity contribution in [3.63, 3.8) is 0 Å². The molecule has 15 heavy (non-hydrogen) atoms. The van der Waals surface area contributed by atoms with E-state index in [1.807, 2.05) is 19.1 Å². The van der Waals surface area contributed by atoms with E-state index in [4.69, 9.17) is 0 Å². The number of rotatable bonds is 2. The lowest BCUT2D eigenvalue weighted by Gasteiger charge is -1.90. The highest BCUT2D eigenvalue weighted by molar-refractivity contribution is 9.11. The zero-order valence-electron chi connectivity index (χ0n) is 8.20. The second kappa shape index (κ2) is 4.15. The van der Waals surface area contributed by atoms with E-state index in [9.17, 15) is 4.79 Å². The molecule has 2 rings (SSSR count). The molecule has 0 aliphatic rings. The predicted molar refractivity (Wildman–Crippen MR) is 67.9 cm³/mol. The molecule has 0 N–H and O–H groups in total. The van der Waals surface area contributed by atoms with Crippen LogP contribution in [0.2, 0.25) is 0 Å². The van der Waals surface area contributed by atoms with Crippen molar-refractivity contribution >= 4 is 44.4 Å². The molecule has 0 saturated heterocycles. The summed E-state index contributed by atoms with van der Waals surface area (Å²) >= 11 is 6.50. The summed E-state index contributed by atoms with van der Waals surface area (Å²) in [5.41, 5.74) is 0.931. The highest BCUT2D eigenvalue weighted by Gasteiger charge is 2.13. The molecule has 78 valence electrons. The molecule has 5 heteroatoms. The second-order valence-corrected chi connectivity index (χ2v) is 6.75. The van der Waals surface area contributed by atoms with E-state index in [0.717, 1.165) is 19.2 Å². The Bertz CT molecular complexity index is 515. The van der Waals surface area contributed by atoms with E-state index in [-0.39, 0.29) is 5.78 Å². The van der Waals surface area contributed by atoms with E-state index in [1.165, 1.54) is 11.3 Å². The van der Waals surface area contributed by atoms with E-state index in [2.05, 4.69) is 20.9 Å². The molecule has 0 aliphatic heterocycles. The SMILES string of the molecule is CC(=O)c1nc(-c2ccc(Br)s2)c(C)s1. The van der Waals surface area contributed by atoms with Gasteiger partial charge in [-0.1, -0.05) is 0 Å². The van der Waals surface area contributed by atoms with E-state index in [0.29, 0.717) is 5.01 Å². The number of thiophene rings is 1. The van der Waals surface area contributed by atoms with Crippen molar-refractivity contribution in [3.8, 4) is 10.6 Å². The maximum absolute atomic E-state index is 11.2. The first-order chi connectivity index (χ1) is 7.08. The third kappa shape index (κ3) is 2.19. The summed E-state index contributed by atoms with van der Waals surface area (Å²) in [7, 11) is 0. The van der Waals surface area contributed by atoms with Crippen LogP contribution < -0.4 is 0 Å². The molecular formula is C10H8BrNOS2. The van der Waals surface area contributed by atoms with Crippen molar-refractivity contribution in [2.45, 2.75) is 13.8 Å². The van der Waals surface area contributed by atoms with Crippen molar-refractivity contribution in [2.24, 2.45) is 0 Å². The van der Waals surface area contributed by atoms with Crippen LogP contribution in [0.1, 0.15) is 21.6 Å². The minimum atomic E-state index is 0.0324. The normalized spacial score (nSPS) is 10.6. The number of carbonyl (C=O) groups excluding carboxylic acids is 1. The highest BCUT2D eigenvalue weighted by Crippen LogP contribution is 2.34. The molecule has 0 bridgehead atoms. The third-order valence-electron chi connectivity index (χ3n) is 1.90. The minimum Gasteiger partial charge on any atom is -0.292 e. The molecule has 2 aromatic rings. The molecule has 0 amide bonds. The van der Waals surface area contributed by atoms with Crippen molar-refractivity contribution < 1.29 is 4.79 Å². The average Bonchev–Trinajstić information content (AvgIpc) is 2.71. The summed E-state index contributed by atoms with van der Waals surface area (Å²) in [6.45, 7) is 3.54. The van der Waals surface area contributed by atoms with Gasteiger partial charge in [-0.2, -0.15) is 0 Å². The van der Waals surface area contributed by atoms with Crippen LogP contribution in [-0.2, 0) is 0 Å². The lowest BCUT2D eigenvalue weighted by Crippen LogP contribution is -1.89. The van der Waals surface area contributed by atoms with Gasteiger partial charge in [0.05, 0.1) is 14.4 Å². The standard InChI is InChI=1S/C10H8BrNOS2/c1-5(13)10-12-9(6(2)14-10)7-3-4-8(11)15-7/h3-4H,1-2H3. The maximum atomic E-state index is 11.2. The first kappa shape index (κ1) is 11.0. The summed E-state index contributed by atoms with van der Waals surface area (Å²) in [5, 5.41) is 0.590. The quantitative estimate of drug-likeness (QED) is 0.780. The molecular weight excluding hydrogens is 294 g/mol. The van der Waals surface area contributed by atoms with Gasteiger partial charge in [-0.3, -0.25) is 4.79 Å². The molecule has 0 saturated carbocycles. The van der Waals surface area contributed by atoms with Crippen molar-refractivity contribution in [2.75, 3.05) is 0 Å². The van der Waals surface area contributed by atoms with E-state index in [1.54, 1.807) is 18.3 Å². The number of nitrogens with zero attached hydrogens (tertiary/aromatic N) is 1. The molecule has 2 aromatic heterocycles. The highest BCUT2D eigenvalue weighted by atomic mass is 79.9. The van der Waals surface area contributed by atoms with Gasteiger partial charge >= 0.3 is 0 Å². The van der Waals surface area contributed by atoms with Gasteiger partial charge in [-0.25, -0.2) is 4.98 Å². The van der Waals surface area contributed by atoms with Crippen molar-refractivity contribution in [1.82, 2.24) is 4.98 Å². The number of ketones is 1. The van der Waals surface area contributed by atoms with Gasteiger partial charge in [0, 0.05) is 11.8 Å². The van der Waals surface area contributed by atoms with Crippen LogP contribution >= 0.6 is 38.6 Å². The Balaban J connectivity index is 2.49. The topological polar surface area (TPSA) is 30.0 Å². The van der Waals surface area contributed by atoms with Crippen LogP contribution in [0.15, 0.2) is 15.9 Å². The number of thiazole rings is 1. The first-order valence-electron chi connectivity index (χ1n) is 4.32. The van der Waals surface area contributed by atoms with Crippen LogP contribution in [0.25, 0.3) is 10.6 Å². The lowest BCUT2D eigenvalue weighted by molar-refractivity contribution is 0.101. The Morgan fingerprint density at radius 1 is 1.40 bits per heavy atom. The average molecular weight is 302 g/mol. The monoisotopic (exact) mass is 301 g/mol. The number of aromatic nitrogens is 1. The first-order valence-corrected chi connectivity index (χ1v) is 6.74. The summed E-state index contributed by atoms with van der Waals surface area (Å²) in [6, 6.07) is 4.01. The zero-order chi connectivity index (χ0) is 11.0. The van der Waals surface area contributed by atoms with Gasteiger partial charge < -0.3 is 0 Å². The predicted octanol–water partition coefficient (Wildman–Crippen LogP) is 4.15. The number of hydrogen-bond acceptors (Lipinski definition) is 4. The molecule has 2 nitrogen and oxygen atoms in total. The zero-order valence-corrected chi connectivity index (χ0v) is 11.4. The van der Waals surface area contributed by atoms with Crippen LogP contribution in [0.5, 0.6) is 0 Å². The summed E-state index contributed by atoms with van der Waals surface area (Å²) in [5.74, 6) is 0.0324. The van der Waals surface area contributed by atoms with Gasteiger partial charge in [0.25, 0.3) is 0 Å². The Morgan fingerprint density at radius 2 is 2.13 bits per heavy atom. The molecule has 0 aliphatic carbocycles.